The van der Waals surface area contributed by atoms with Crippen molar-refractivity contribution in [3.63, 3.8) is 0 Å². The van der Waals surface area contributed by atoms with E-state index in [1.165, 1.54) is 13.8 Å². The summed E-state index contributed by atoms with van der Waals surface area (Å²) in [5.74, 6) is -15.3. The first-order valence-corrected chi connectivity index (χ1v) is 7.64. The molecule has 0 amide bonds. The quantitative estimate of drug-likeness (QED) is 0.567. The molecule has 0 aromatic carbocycles. The number of esters is 2. The van der Waals surface area contributed by atoms with Gasteiger partial charge in [-0.1, -0.05) is 0 Å². The zero-order valence-electron chi connectivity index (χ0n) is 13.1. The highest BCUT2D eigenvalue weighted by molar-refractivity contribution is 5.90. The monoisotopic (exact) mass is 340 g/mol. The summed E-state index contributed by atoms with van der Waals surface area (Å²) in [4.78, 5) is 23.0. The summed E-state index contributed by atoms with van der Waals surface area (Å²) in [7, 11) is 0. The average Bonchev–Trinajstić information content (AvgIpc) is 2.82. The van der Waals surface area contributed by atoms with Gasteiger partial charge < -0.3 is 9.47 Å². The molecule has 2 fully saturated rings. The molecule has 0 heterocycles. The minimum atomic E-state index is -5.27. The van der Waals surface area contributed by atoms with Gasteiger partial charge in [-0.25, -0.2) is 9.59 Å². The van der Waals surface area contributed by atoms with E-state index in [2.05, 4.69) is 9.47 Å². The van der Waals surface area contributed by atoms with Crippen molar-refractivity contribution in [2.24, 2.45) is 0 Å². The topological polar surface area (TPSA) is 52.6 Å². The smallest absolute Gasteiger partial charge is 0.415 e. The van der Waals surface area contributed by atoms with Crippen LogP contribution < -0.4 is 0 Å². The van der Waals surface area contributed by atoms with Gasteiger partial charge in [0.25, 0.3) is 0 Å². The maximum atomic E-state index is 13.8. The van der Waals surface area contributed by atoms with Crippen molar-refractivity contribution < 1.29 is 36.6 Å². The van der Waals surface area contributed by atoms with Gasteiger partial charge in [0.05, 0.1) is 0 Å². The summed E-state index contributed by atoms with van der Waals surface area (Å²) in [6.45, 7) is 2.81. The molecule has 0 aromatic heterocycles. The minimum absolute atomic E-state index is 0.322. The molecule has 0 spiro atoms. The van der Waals surface area contributed by atoms with Crippen LogP contribution in [0.1, 0.15) is 58.8 Å². The van der Waals surface area contributed by atoms with Crippen LogP contribution in [0.15, 0.2) is 0 Å². The molecule has 0 radical (unpaired) electrons. The van der Waals surface area contributed by atoms with Gasteiger partial charge in [-0.05, 0) is 58.8 Å². The number of alkyl halides is 4. The first-order valence-electron chi connectivity index (χ1n) is 7.64. The molecule has 0 atom stereocenters. The van der Waals surface area contributed by atoms with Crippen molar-refractivity contribution in [1.82, 2.24) is 0 Å². The predicted octanol–water partition coefficient (Wildman–Crippen LogP) is 3.62. The average molecular weight is 340 g/mol. The van der Waals surface area contributed by atoms with E-state index in [4.69, 9.17) is 0 Å². The van der Waals surface area contributed by atoms with Crippen molar-refractivity contribution in [1.29, 1.82) is 0 Å². The van der Waals surface area contributed by atoms with E-state index in [0.29, 0.717) is 44.9 Å². The third kappa shape index (κ3) is 3.30. The van der Waals surface area contributed by atoms with Crippen LogP contribution in [0.2, 0.25) is 0 Å². The van der Waals surface area contributed by atoms with Crippen LogP contribution in [-0.2, 0) is 19.1 Å². The van der Waals surface area contributed by atoms with E-state index in [0.717, 1.165) is 0 Å². The molecule has 0 unspecified atom stereocenters. The Morgan fingerprint density at radius 3 is 1.30 bits per heavy atom. The van der Waals surface area contributed by atoms with E-state index in [9.17, 15) is 27.2 Å². The van der Waals surface area contributed by atoms with Crippen LogP contribution >= 0.6 is 0 Å². The first-order chi connectivity index (χ1) is 10.4. The van der Waals surface area contributed by atoms with E-state index >= 15 is 0 Å². The van der Waals surface area contributed by atoms with Gasteiger partial charge in [-0.3, -0.25) is 0 Å². The molecule has 23 heavy (non-hydrogen) atoms. The molecule has 2 aliphatic carbocycles. The maximum Gasteiger partial charge on any atom is 0.415 e. The van der Waals surface area contributed by atoms with Gasteiger partial charge in [-0.2, -0.15) is 17.6 Å². The summed E-state index contributed by atoms with van der Waals surface area (Å²) in [6, 6.07) is 0. The number of halogens is 4. The number of carbonyl (C=O) groups excluding carboxylic acids is 2. The lowest BCUT2D eigenvalue weighted by Crippen LogP contribution is -2.57. The van der Waals surface area contributed by atoms with E-state index in [1.807, 2.05) is 0 Å². The Hall–Kier alpha value is -1.34. The Balaban J connectivity index is 2.08. The second-order valence-corrected chi connectivity index (χ2v) is 6.89. The second-order valence-electron chi connectivity index (χ2n) is 6.89. The fourth-order valence-corrected chi connectivity index (χ4v) is 2.83. The zero-order valence-corrected chi connectivity index (χ0v) is 13.1. The number of hydrogen-bond acceptors (Lipinski definition) is 4. The van der Waals surface area contributed by atoms with Crippen LogP contribution in [0.3, 0.4) is 0 Å². The number of hydrogen-bond donors (Lipinski definition) is 0. The lowest BCUT2D eigenvalue weighted by Gasteiger charge is -2.39. The maximum absolute atomic E-state index is 13.8. The first kappa shape index (κ1) is 18.0. The van der Waals surface area contributed by atoms with Gasteiger partial charge in [-0.15, -0.1) is 0 Å². The summed E-state index contributed by atoms with van der Waals surface area (Å²) in [5, 5.41) is 0. The van der Waals surface area contributed by atoms with Crippen LogP contribution in [0.4, 0.5) is 17.6 Å². The molecule has 0 aliphatic heterocycles. The van der Waals surface area contributed by atoms with Crippen molar-refractivity contribution in [3.8, 4) is 0 Å². The summed E-state index contributed by atoms with van der Waals surface area (Å²) >= 11 is 0. The number of rotatable bonds is 5. The lowest BCUT2D eigenvalue weighted by atomic mass is 9.82. The Bertz CT molecular complexity index is 494. The SMILES string of the molecule is CC1(OC(=O)C(F)(F)C(F)(F)C(=O)OC2(C)CCC2)CCCC1. The van der Waals surface area contributed by atoms with Gasteiger partial charge in [0.15, 0.2) is 0 Å². The van der Waals surface area contributed by atoms with Crippen LogP contribution in [0.25, 0.3) is 0 Å². The summed E-state index contributed by atoms with van der Waals surface area (Å²) in [6.07, 6.45) is 3.27. The lowest BCUT2D eigenvalue weighted by molar-refractivity contribution is -0.252. The highest BCUT2D eigenvalue weighted by atomic mass is 19.3. The molecule has 2 saturated carbocycles. The molecule has 0 saturated heterocycles. The largest absolute Gasteiger partial charge is 0.455 e. The van der Waals surface area contributed by atoms with Crippen molar-refractivity contribution in [3.05, 3.63) is 0 Å². The van der Waals surface area contributed by atoms with Crippen LogP contribution in [-0.4, -0.2) is 35.0 Å². The molecule has 8 heteroatoms. The Labute approximate surface area is 131 Å². The van der Waals surface area contributed by atoms with Crippen LogP contribution in [0, 0.1) is 0 Å². The van der Waals surface area contributed by atoms with Gasteiger partial charge >= 0.3 is 23.8 Å². The number of ether oxygens (including phenoxy) is 2. The molecular weight excluding hydrogens is 320 g/mol. The highest BCUT2D eigenvalue weighted by Crippen LogP contribution is 2.43. The minimum Gasteiger partial charge on any atom is -0.455 e. The van der Waals surface area contributed by atoms with Crippen molar-refractivity contribution >= 4 is 11.9 Å². The van der Waals surface area contributed by atoms with Crippen LogP contribution in [0.5, 0.6) is 0 Å². The highest BCUT2D eigenvalue weighted by Gasteiger charge is 2.70. The van der Waals surface area contributed by atoms with Crippen molar-refractivity contribution in [2.75, 3.05) is 0 Å². The predicted molar refractivity (Wildman–Crippen MR) is 71.2 cm³/mol. The van der Waals surface area contributed by atoms with E-state index in [1.54, 1.807) is 0 Å². The Kier molecular flexibility index (Phi) is 4.41. The Morgan fingerprint density at radius 1 is 0.739 bits per heavy atom. The van der Waals surface area contributed by atoms with Gasteiger partial charge in [0, 0.05) is 0 Å². The standard InChI is InChI=1S/C15H20F4O4/c1-12(6-3-4-7-12)22-10(20)14(16,17)15(18,19)11(21)23-13(2)8-5-9-13/h3-9H2,1-2H3. The molecule has 2 aliphatic rings. The number of carbonyl (C=O) groups is 2. The summed E-state index contributed by atoms with van der Waals surface area (Å²) in [5.41, 5.74) is -2.36. The molecule has 2 rings (SSSR count). The zero-order chi connectivity index (χ0) is 17.5. The molecule has 0 bridgehead atoms. The molecule has 132 valence electrons. The fraction of sp³-hybridized carbons (Fsp3) is 0.867. The molecular formula is C15H20F4O4. The fourth-order valence-electron chi connectivity index (χ4n) is 2.83. The third-order valence-corrected chi connectivity index (χ3v) is 4.66. The van der Waals surface area contributed by atoms with Gasteiger partial charge in [0.2, 0.25) is 0 Å². The molecule has 0 N–H and O–H groups in total. The van der Waals surface area contributed by atoms with E-state index < -0.39 is 35.0 Å². The molecule has 0 aromatic rings. The summed E-state index contributed by atoms with van der Waals surface area (Å²) < 4.78 is 64.4. The van der Waals surface area contributed by atoms with Crippen molar-refractivity contribution in [2.45, 2.75) is 81.8 Å². The third-order valence-electron chi connectivity index (χ3n) is 4.66. The molecule has 4 nitrogen and oxygen atoms in total. The van der Waals surface area contributed by atoms with Gasteiger partial charge in [0.1, 0.15) is 11.2 Å². The Morgan fingerprint density at radius 2 is 1.04 bits per heavy atom. The van der Waals surface area contributed by atoms with E-state index in [-0.39, 0.29) is 0 Å². The normalized spacial score (nSPS) is 23.0. The second kappa shape index (κ2) is 5.63.